The standard InChI is InChI=1S/C9H13NO2/c1-2-7-12-8-9-3-5-10(11)6-4-9/h3-6H,2,7-8H2,1H3. The lowest BCUT2D eigenvalue weighted by Gasteiger charge is -2.01. The number of pyridine rings is 1. The third kappa shape index (κ3) is 2.88. The second-order valence-electron chi connectivity index (χ2n) is 2.62. The molecule has 1 heterocycles. The summed E-state index contributed by atoms with van der Waals surface area (Å²) < 4.78 is 6.06. The predicted molar refractivity (Wildman–Crippen MR) is 45.3 cm³/mol. The molecule has 3 nitrogen and oxygen atoms in total. The topological polar surface area (TPSA) is 36.2 Å². The van der Waals surface area contributed by atoms with E-state index in [1.807, 2.05) is 0 Å². The smallest absolute Gasteiger partial charge is 0.180 e. The summed E-state index contributed by atoms with van der Waals surface area (Å²) in [5.74, 6) is 0. The van der Waals surface area contributed by atoms with Gasteiger partial charge in [0.05, 0.1) is 6.61 Å². The number of hydrogen-bond acceptors (Lipinski definition) is 2. The Balaban J connectivity index is 2.37. The van der Waals surface area contributed by atoms with Gasteiger partial charge in [0, 0.05) is 18.7 Å². The molecule has 3 heteroatoms. The fourth-order valence-corrected chi connectivity index (χ4v) is 0.874. The molecular formula is C9H13NO2. The minimum Gasteiger partial charge on any atom is -0.619 e. The number of ether oxygens (including phenoxy) is 1. The second kappa shape index (κ2) is 4.72. The molecule has 0 bridgehead atoms. The first-order chi connectivity index (χ1) is 5.83. The van der Waals surface area contributed by atoms with Crippen molar-refractivity contribution in [3.05, 3.63) is 35.3 Å². The van der Waals surface area contributed by atoms with E-state index in [2.05, 4.69) is 6.92 Å². The van der Waals surface area contributed by atoms with E-state index in [1.54, 1.807) is 12.1 Å². The van der Waals surface area contributed by atoms with E-state index in [-0.39, 0.29) is 0 Å². The monoisotopic (exact) mass is 167 g/mol. The number of aromatic nitrogens is 1. The Morgan fingerprint density at radius 3 is 2.67 bits per heavy atom. The summed E-state index contributed by atoms with van der Waals surface area (Å²) in [6.07, 6.45) is 3.98. The number of rotatable bonds is 4. The van der Waals surface area contributed by atoms with Gasteiger partial charge in [0.25, 0.3) is 0 Å². The minimum absolute atomic E-state index is 0.592. The molecule has 66 valence electrons. The fraction of sp³-hybridized carbons (Fsp3) is 0.444. The van der Waals surface area contributed by atoms with Crippen molar-refractivity contribution < 1.29 is 9.47 Å². The predicted octanol–water partition coefficient (Wildman–Crippen LogP) is 1.25. The minimum atomic E-state index is 0.592. The molecule has 0 atom stereocenters. The Labute approximate surface area is 72.2 Å². The van der Waals surface area contributed by atoms with Crippen molar-refractivity contribution in [2.24, 2.45) is 0 Å². The zero-order chi connectivity index (χ0) is 8.81. The van der Waals surface area contributed by atoms with Crippen LogP contribution in [0.1, 0.15) is 18.9 Å². The molecule has 0 saturated heterocycles. The van der Waals surface area contributed by atoms with Gasteiger partial charge in [0.15, 0.2) is 12.4 Å². The van der Waals surface area contributed by atoms with E-state index in [4.69, 9.17) is 4.74 Å². The largest absolute Gasteiger partial charge is 0.619 e. The number of nitrogens with zero attached hydrogens (tertiary/aromatic N) is 1. The van der Waals surface area contributed by atoms with Crippen LogP contribution in [0, 0.1) is 5.21 Å². The van der Waals surface area contributed by atoms with Gasteiger partial charge in [-0.1, -0.05) is 6.92 Å². The highest BCUT2D eigenvalue weighted by molar-refractivity contribution is 5.05. The normalized spacial score (nSPS) is 10.1. The summed E-state index contributed by atoms with van der Waals surface area (Å²) in [7, 11) is 0. The van der Waals surface area contributed by atoms with Gasteiger partial charge in [-0.2, -0.15) is 4.73 Å². The summed E-state index contributed by atoms with van der Waals surface area (Å²) in [5.41, 5.74) is 1.04. The maximum atomic E-state index is 10.6. The molecule has 0 fully saturated rings. The lowest BCUT2D eigenvalue weighted by Crippen LogP contribution is -2.23. The van der Waals surface area contributed by atoms with Crippen LogP contribution in [0.15, 0.2) is 24.5 Å². The van der Waals surface area contributed by atoms with Gasteiger partial charge in [-0.15, -0.1) is 0 Å². The Morgan fingerprint density at radius 2 is 2.08 bits per heavy atom. The number of hydrogen-bond donors (Lipinski definition) is 0. The van der Waals surface area contributed by atoms with Crippen molar-refractivity contribution in [2.75, 3.05) is 6.61 Å². The van der Waals surface area contributed by atoms with Gasteiger partial charge < -0.3 is 9.94 Å². The van der Waals surface area contributed by atoms with Crippen LogP contribution in [-0.4, -0.2) is 6.61 Å². The van der Waals surface area contributed by atoms with Crippen molar-refractivity contribution in [3.63, 3.8) is 0 Å². The van der Waals surface area contributed by atoms with Crippen LogP contribution in [0.4, 0.5) is 0 Å². The average Bonchev–Trinajstić information content (AvgIpc) is 2.09. The highest BCUT2D eigenvalue weighted by Crippen LogP contribution is 1.97. The maximum Gasteiger partial charge on any atom is 0.180 e. The average molecular weight is 167 g/mol. The van der Waals surface area contributed by atoms with Gasteiger partial charge in [-0.25, -0.2) is 0 Å². The molecule has 0 spiro atoms. The third-order valence-electron chi connectivity index (χ3n) is 1.49. The quantitative estimate of drug-likeness (QED) is 0.384. The lowest BCUT2D eigenvalue weighted by atomic mass is 10.3. The molecule has 1 aromatic rings. The van der Waals surface area contributed by atoms with Crippen molar-refractivity contribution in [3.8, 4) is 0 Å². The molecule has 0 N–H and O–H groups in total. The Bertz CT molecular complexity index is 220. The van der Waals surface area contributed by atoms with E-state index >= 15 is 0 Å². The SMILES string of the molecule is CCCOCc1cc[n+]([O-])cc1. The Kier molecular flexibility index (Phi) is 3.54. The van der Waals surface area contributed by atoms with Crippen molar-refractivity contribution in [1.82, 2.24) is 0 Å². The van der Waals surface area contributed by atoms with Crippen LogP contribution in [-0.2, 0) is 11.3 Å². The molecule has 0 aliphatic rings. The highest BCUT2D eigenvalue weighted by Gasteiger charge is 1.93. The van der Waals surface area contributed by atoms with Gasteiger partial charge in [0.2, 0.25) is 0 Å². The highest BCUT2D eigenvalue weighted by atomic mass is 16.5. The van der Waals surface area contributed by atoms with Crippen LogP contribution in [0.5, 0.6) is 0 Å². The zero-order valence-corrected chi connectivity index (χ0v) is 7.19. The molecular weight excluding hydrogens is 154 g/mol. The summed E-state index contributed by atoms with van der Waals surface area (Å²) in [6, 6.07) is 3.53. The summed E-state index contributed by atoms with van der Waals surface area (Å²) in [5, 5.41) is 10.6. The summed E-state index contributed by atoms with van der Waals surface area (Å²) >= 11 is 0. The molecule has 1 aromatic heterocycles. The van der Waals surface area contributed by atoms with Gasteiger partial charge in [0.1, 0.15) is 0 Å². The molecule has 0 aliphatic carbocycles. The van der Waals surface area contributed by atoms with Gasteiger partial charge >= 0.3 is 0 Å². The summed E-state index contributed by atoms with van der Waals surface area (Å²) in [6.45, 7) is 3.43. The van der Waals surface area contributed by atoms with Crippen molar-refractivity contribution in [1.29, 1.82) is 0 Å². The van der Waals surface area contributed by atoms with E-state index < -0.39 is 0 Å². The Morgan fingerprint density at radius 1 is 1.42 bits per heavy atom. The van der Waals surface area contributed by atoms with Gasteiger partial charge in [-0.3, -0.25) is 0 Å². The first-order valence-electron chi connectivity index (χ1n) is 4.08. The van der Waals surface area contributed by atoms with Crippen LogP contribution < -0.4 is 4.73 Å². The van der Waals surface area contributed by atoms with Gasteiger partial charge in [-0.05, 0) is 12.0 Å². The third-order valence-corrected chi connectivity index (χ3v) is 1.49. The van der Waals surface area contributed by atoms with E-state index in [0.29, 0.717) is 6.61 Å². The zero-order valence-electron chi connectivity index (χ0n) is 7.19. The van der Waals surface area contributed by atoms with Crippen LogP contribution in [0.25, 0.3) is 0 Å². The molecule has 0 radical (unpaired) electrons. The second-order valence-corrected chi connectivity index (χ2v) is 2.62. The molecule has 0 aliphatic heterocycles. The fourth-order valence-electron chi connectivity index (χ4n) is 0.874. The van der Waals surface area contributed by atoms with Crippen LogP contribution in [0.2, 0.25) is 0 Å². The van der Waals surface area contributed by atoms with Crippen LogP contribution >= 0.6 is 0 Å². The molecule has 0 saturated carbocycles. The first-order valence-corrected chi connectivity index (χ1v) is 4.08. The van der Waals surface area contributed by atoms with Crippen molar-refractivity contribution >= 4 is 0 Å². The molecule has 0 amide bonds. The molecule has 12 heavy (non-hydrogen) atoms. The van der Waals surface area contributed by atoms with E-state index in [9.17, 15) is 5.21 Å². The lowest BCUT2D eigenvalue weighted by molar-refractivity contribution is -0.605. The Hall–Kier alpha value is -1.09. The molecule has 1 rings (SSSR count). The van der Waals surface area contributed by atoms with E-state index in [1.165, 1.54) is 12.4 Å². The molecule has 0 unspecified atom stereocenters. The van der Waals surface area contributed by atoms with Crippen molar-refractivity contribution in [2.45, 2.75) is 20.0 Å². The summed E-state index contributed by atoms with van der Waals surface area (Å²) in [4.78, 5) is 0. The first kappa shape index (κ1) is 9.00. The van der Waals surface area contributed by atoms with E-state index in [0.717, 1.165) is 23.3 Å². The van der Waals surface area contributed by atoms with Crippen LogP contribution in [0.3, 0.4) is 0 Å². The molecule has 0 aromatic carbocycles. The maximum absolute atomic E-state index is 10.6.